The van der Waals surface area contributed by atoms with Crippen LogP contribution in [-0.4, -0.2) is 45.6 Å². The van der Waals surface area contributed by atoms with E-state index in [2.05, 4.69) is 0 Å². The van der Waals surface area contributed by atoms with E-state index < -0.39 is 11.9 Å². The van der Waals surface area contributed by atoms with Crippen LogP contribution in [0.4, 0.5) is 0 Å². The van der Waals surface area contributed by atoms with Gasteiger partial charge in [-0.2, -0.15) is 0 Å². The molecule has 8 heteroatoms. The van der Waals surface area contributed by atoms with E-state index in [1.807, 2.05) is 0 Å². The molecule has 0 aromatic heterocycles. The highest BCUT2D eigenvalue weighted by atomic mass is 16.5. The summed E-state index contributed by atoms with van der Waals surface area (Å²) in [5, 5.41) is 37.4. The number of benzene rings is 2. The maximum Gasteiger partial charge on any atom is 0.338 e. The minimum Gasteiger partial charge on any atom is -0.508 e. The number of esters is 2. The molecule has 0 atom stereocenters. The average Bonchev–Trinajstić information content (AvgIpc) is 2.61. The normalized spacial score (nSPS) is 10.4. The number of rotatable bonds is 9. The van der Waals surface area contributed by atoms with E-state index in [0.29, 0.717) is 12.8 Å². The van der Waals surface area contributed by atoms with Gasteiger partial charge in [0.05, 0.1) is 24.3 Å². The number of unbranched alkanes of at least 4 members (excludes halogenated alkanes) is 3. The summed E-state index contributed by atoms with van der Waals surface area (Å²) >= 11 is 0. The maximum atomic E-state index is 11.8. The first-order chi connectivity index (χ1) is 13.3. The molecule has 0 aliphatic rings. The maximum absolute atomic E-state index is 11.8. The zero-order valence-corrected chi connectivity index (χ0v) is 15.1. The summed E-state index contributed by atoms with van der Waals surface area (Å²) in [5.41, 5.74) is 0.143. The van der Waals surface area contributed by atoms with Gasteiger partial charge in [-0.1, -0.05) is 0 Å². The Morgan fingerprint density at radius 3 is 1.21 bits per heavy atom. The van der Waals surface area contributed by atoms with Gasteiger partial charge in [-0.05, 0) is 49.9 Å². The second-order valence-corrected chi connectivity index (χ2v) is 6.16. The molecule has 0 bridgehead atoms. The van der Waals surface area contributed by atoms with E-state index in [1.54, 1.807) is 0 Å². The Labute approximate surface area is 161 Å². The van der Waals surface area contributed by atoms with Gasteiger partial charge < -0.3 is 29.9 Å². The number of hydrogen-bond acceptors (Lipinski definition) is 8. The van der Waals surface area contributed by atoms with Gasteiger partial charge in [0.15, 0.2) is 0 Å². The van der Waals surface area contributed by atoms with Crippen molar-refractivity contribution in [2.24, 2.45) is 0 Å². The van der Waals surface area contributed by atoms with E-state index in [4.69, 9.17) is 9.47 Å². The van der Waals surface area contributed by atoms with Crippen LogP contribution in [0.1, 0.15) is 46.4 Å². The predicted octanol–water partition coefficient (Wildman–Crippen LogP) is 3.08. The number of hydrogen-bond donors (Lipinski definition) is 4. The molecule has 0 saturated heterocycles. The summed E-state index contributed by atoms with van der Waals surface area (Å²) in [5.74, 6) is -2.14. The first kappa shape index (κ1) is 20.9. The van der Waals surface area contributed by atoms with Crippen LogP contribution >= 0.6 is 0 Å². The highest BCUT2D eigenvalue weighted by Gasteiger charge is 2.11. The summed E-state index contributed by atoms with van der Waals surface area (Å²) in [6.07, 6.45) is 2.74. The van der Waals surface area contributed by atoms with Crippen LogP contribution in [0.5, 0.6) is 23.0 Å². The lowest BCUT2D eigenvalue weighted by molar-refractivity contribution is 0.0473. The van der Waals surface area contributed by atoms with Gasteiger partial charge in [-0.15, -0.1) is 0 Å². The molecule has 4 N–H and O–H groups in total. The standard InChI is InChI=1S/C20H22O8/c21-15-7-13(8-16(22)11-15)19(25)27-5-3-1-2-4-6-28-20(26)14-9-17(23)12-18(24)10-14/h7-12,21-24H,1-6H2. The molecule has 0 aliphatic heterocycles. The summed E-state index contributed by atoms with van der Waals surface area (Å²) in [6, 6.07) is 7.08. The SMILES string of the molecule is O=C(OCCCCCCOC(=O)c1cc(O)cc(O)c1)c1cc(O)cc(O)c1. The van der Waals surface area contributed by atoms with E-state index in [1.165, 1.54) is 24.3 Å². The number of phenolic OH excluding ortho intramolecular Hbond substituents is 4. The molecule has 2 rings (SSSR count). The Balaban J connectivity index is 1.58. The van der Waals surface area contributed by atoms with Crippen molar-refractivity contribution in [2.45, 2.75) is 25.7 Å². The smallest absolute Gasteiger partial charge is 0.338 e. The Morgan fingerprint density at radius 2 is 0.893 bits per heavy atom. The molecule has 8 nitrogen and oxygen atoms in total. The molecule has 28 heavy (non-hydrogen) atoms. The Bertz CT molecular complexity index is 721. The first-order valence-electron chi connectivity index (χ1n) is 8.75. The number of phenols is 4. The minimum atomic E-state index is -0.630. The molecule has 2 aromatic carbocycles. The summed E-state index contributed by atoms with van der Waals surface area (Å²) in [7, 11) is 0. The minimum absolute atomic E-state index is 0.0717. The number of aromatic hydroxyl groups is 4. The fourth-order valence-corrected chi connectivity index (χ4v) is 2.48. The molecule has 0 aliphatic carbocycles. The van der Waals surface area contributed by atoms with Crippen molar-refractivity contribution in [1.29, 1.82) is 0 Å². The van der Waals surface area contributed by atoms with E-state index in [-0.39, 0.29) is 47.3 Å². The van der Waals surface area contributed by atoms with Gasteiger partial charge in [0.2, 0.25) is 0 Å². The molecular weight excluding hydrogens is 368 g/mol. The third-order valence-corrected chi connectivity index (χ3v) is 3.78. The molecule has 0 fully saturated rings. The van der Waals surface area contributed by atoms with Crippen molar-refractivity contribution in [1.82, 2.24) is 0 Å². The lowest BCUT2D eigenvalue weighted by atomic mass is 10.2. The number of carbonyl (C=O) groups excluding carboxylic acids is 2. The molecule has 0 unspecified atom stereocenters. The van der Waals surface area contributed by atoms with Gasteiger partial charge >= 0.3 is 11.9 Å². The predicted molar refractivity (Wildman–Crippen MR) is 98.6 cm³/mol. The monoisotopic (exact) mass is 390 g/mol. The van der Waals surface area contributed by atoms with Gasteiger partial charge in [-0.3, -0.25) is 0 Å². The van der Waals surface area contributed by atoms with Crippen molar-refractivity contribution in [2.75, 3.05) is 13.2 Å². The number of carbonyl (C=O) groups is 2. The number of ether oxygens (including phenoxy) is 2. The Hall–Kier alpha value is -3.42. The Morgan fingerprint density at radius 1 is 0.571 bits per heavy atom. The van der Waals surface area contributed by atoms with E-state index in [9.17, 15) is 30.0 Å². The van der Waals surface area contributed by atoms with Crippen LogP contribution in [0.3, 0.4) is 0 Å². The topological polar surface area (TPSA) is 134 Å². The van der Waals surface area contributed by atoms with Crippen LogP contribution in [0.25, 0.3) is 0 Å². The third kappa shape index (κ3) is 6.71. The largest absolute Gasteiger partial charge is 0.508 e. The van der Waals surface area contributed by atoms with Crippen molar-refractivity contribution < 1.29 is 39.5 Å². The summed E-state index contributed by atoms with van der Waals surface area (Å²) in [4.78, 5) is 23.6. The van der Waals surface area contributed by atoms with Crippen molar-refractivity contribution in [3.63, 3.8) is 0 Å². The van der Waals surface area contributed by atoms with Gasteiger partial charge in [0, 0.05) is 12.1 Å². The molecule has 0 saturated carbocycles. The summed E-state index contributed by atoms with van der Waals surface area (Å²) < 4.78 is 10.1. The zero-order valence-electron chi connectivity index (χ0n) is 15.1. The molecule has 0 spiro atoms. The molecule has 0 radical (unpaired) electrons. The van der Waals surface area contributed by atoms with E-state index >= 15 is 0 Å². The molecule has 0 amide bonds. The lowest BCUT2D eigenvalue weighted by Crippen LogP contribution is -2.07. The van der Waals surface area contributed by atoms with Gasteiger partial charge in [0.25, 0.3) is 0 Å². The van der Waals surface area contributed by atoms with Gasteiger partial charge in [0.1, 0.15) is 23.0 Å². The zero-order chi connectivity index (χ0) is 20.5. The van der Waals surface area contributed by atoms with Crippen molar-refractivity contribution in [3.05, 3.63) is 47.5 Å². The molecule has 150 valence electrons. The quantitative estimate of drug-likeness (QED) is 0.379. The van der Waals surface area contributed by atoms with Crippen molar-refractivity contribution in [3.8, 4) is 23.0 Å². The van der Waals surface area contributed by atoms with E-state index in [0.717, 1.165) is 25.0 Å². The van der Waals surface area contributed by atoms with Crippen LogP contribution in [0, 0.1) is 0 Å². The van der Waals surface area contributed by atoms with Crippen LogP contribution < -0.4 is 0 Å². The van der Waals surface area contributed by atoms with Crippen molar-refractivity contribution >= 4 is 11.9 Å². The average molecular weight is 390 g/mol. The van der Waals surface area contributed by atoms with Gasteiger partial charge in [-0.25, -0.2) is 9.59 Å². The lowest BCUT2D eigenvalue weighted by Gasteiger charge is -2.07. The third-order valence-electron chi connectivity index (χ3n) is 3.78. The second kappa shape index (κ2) is 10.1. The summed E-state index contributed by atoms with van der Waals surface area (Å²) in [6.45, 7) is 0.384. The molecule has 2 aromatic rings. The fraction of sp³-hybridized carbons (Fsp3) is 0.300. The second-order valence-electron chi connectivity index (χ2n) is 6.16. The Kier molecular flexibility index (Phi) is 7.50. The highest BCUT2D eigenvalue weighted by Crippen LogP contribution is 2.22. The fourth-order valence-electron chi connectivity index (χ4n) is 2.48. The first-order valence-corrected chi connectivity index (χ1v) is 8.75. The highest BCUT2D eigenvalue weighted by molar-refractivity contribution is 5.90. The van der Waals surface area contributed by atoms with Crippen LogP contribution in [0.15, 0.2) is 36.4 Å². The van der Waals surface area contributed by atoms with Crippen LogP contribution in [-0.2, 0) is 9.47 Å². The molecule has 0 heterocycles. The molecular formula is C20H22O8. The van der Waals surface area contributed by atoms with Crippen LogP contribution in [0.2, 0.25) is 0 Å².